The van der Waals surface area contributed by atoms with Crippen molar-refractivity contribution in [3.05, 3.63) is 97.5 Å². The zero-order valence-corrected chi connectivity index (χ0v) is 20.2. The molecule has 1 aromatic rings. The Kier molecular flexibility index (Phi) is 13.3. The van der Waals surface area contributed by atoms with Gasteiger partial charge in [-0.05, 0) is 32.1 Å². The Balaban J connectivity index is 0.000000567. The average molecular weight is 484 g/mol. The van der Waals surface area contributed by atoms with Gasteiger partial charge in [-0.3, -0.25) is 0 Å². The van der Waals surface area contributed by atoms with E-state index in [-0.39, 0.29) is 23.2 Å². The number of hydrogen-bond donors (Lipinski definition) is 0. The first-order valence-electron chi connectivity index (χ1n) is 9.33. The van der Waals surface area contributed by atoms with Crippen LogP contribution in [-0.2, 0) is 21.8 Å². The molecule has 0 saturated heterocycles. The number of rotatable bonds is 7. The zero-order valence-electron chi connectivity index (χ0n) is 17.4. The predicted octanol–water partition coefficient (Wildman–Crippen LogP) is 4.51. The molecule has 2 aliphatic rings. The summed E-state index contributed by atoms with van der Waals surface area (Å²) in [4.78, 5) is 3.77. The second-order valence-electron chi connectivity index (χ2n) is 6.90. The molecule has 0 bridgehead atoms. The summed E-state index contributed by atoms with van der Waals surface area (Å²) >= 11 is 0.424. The van der Waals surface area contributed by atoms with E-state index in [0.29, 0.717) is 21.0 Å². The van der Waals surface area contributed by atoms with E-state index in [0.717, 1.165) is 5.32 Å². The van der Waals surface area contributed by atoms with Crippen molar-refractivity contribution in [2.45, 2.75) is 31.3 Å². The number of ether oxygens (including phenoxy) is 1. The van der Waals surface area contributed by atoms with Gasteiger partial charge in [0.15, 0.2) is 0 Å². The molecule has 2 fully saturated rings. The van der Waals surface area contributed by atoms with Crippen molar-refractivity contribution in [3.63, 3.8) is 0 Å². The second kappa shape index (κ2) is 14.2. The van der Waals surface area contributed by atoms with Crippen LogP contribution in [0.15, 0.2) is 24.3 Å². The van der Waals surface area contributed by atoms with Crippen molar-refractivity contribution in [1.29, 1.82) is 0 Å². The monoisotopic (exact) mass is 485 g/mol. The number of hydrogen-bond acceptors (Lipinski definition) is 2. The molecule has 0 aliphatic heterocycles. The standard InChI is InChI=1S/C19H26NOSe.C5H5.Fe/c1-14-8-6-9-16(12-14)18(21-5)13-22-19-11-7-10-17(19)15(2)20(3)4;1-2-4-5-3-1;/h6-12,15,18H,13H2,1-5H3;1-5H;/q;;+2/t15-,18+;;/m1../s1. The van der Waals surface area contributed by atoms with Crippen LogP contribution in [0.5, 0.6) is 0 Å². The molecule has 2 aliphatic carbocycles. The minimum absolute atomic E-state index is 0. The Hall–Kier alpha value is 0.179. The van der Waals surface area contributed by atoms with Crippen molar-refractivity contribution >= 4 is 15.0 Å². The van der Waals surface area contributed by atoms with Gasteiger partial charge >= 0.3 is 160 Å². The van der Waals surface area contributed by atoms with E-state index in [1.807, 2.05) is 39.2 Å². The fourth-order valence-corrected chi connectivity index (χ4v) is 5.43. The van der Waals surface area contributed by atoms with Gasteiger partial charge in [-0.15, -0.1) is 0 Å². The van der Waals surface area contributed by atoms with Gasteiger partial charge in [0.05, 0.1) is 0 Å². The summed E-state index contributed by atoms with van der Waals surface area (Å²) in [5.74, 6) is 1.46. The minimum Gasteiger partial charge on any atom is -0.0312 e. The van der Waals surface area contributed by atoms with E-state index in [1.165, 1.54) is 21.9 Å². The first-order chi connectivity index (χ1) is 13.0. The Morgan fingerprint density at radius 2 is 1.64 bits per heavy atom. The maximum absolute atomic E-state index is 5.74. The van der Waals surface area contributed by atoms with Gasteiger partial charge < -0.3 is 0 Å². The maximum Gasteiger partial charge on any atom is 2.00 e. The Morgan fingerprint density at radius 1 is 1.00 bits per heavy atom. The van der Waals surface area contributed by atoms with Crippen molar-refractivity contribution in [3.8, 4) is 0 Å². The average Bonchev–Trinajstić information content (AvgIpc) is 3.36. The van der Waals surface area contributed by atoms with Crippen LogP contribution in [0.25, 0.3) is 0 Å². The fraction of sp³-hybridized carbons (Fsp3) is 0.333. The molecule has 3 rings (SSSR count). The smallest absolute Gasteiger partial charge is 0.0312 e. The predicted molar refractivity (Wildman–Crippen MR) is 116 cm³/mol. The molecule has 10 radical (unpaired) electrons. The maximum atomic E-state index is 5.74. The minimum atomic E-state index is 0. The topological polar surface area (TPSA) is 12.5 Å². The molecule has 2 atom stereocenters. The number of benzene rings is 1. The molecule has 0 amide bonds. The van der Waals surface area contributed by atoms with Crippen LogP contribution in [0, 0.1) is 69.0 Å². The summed E-state index contributed by atoms with van der Waals surface area (Å²) in [5.41, 5.74) is 2.58. The van der Waals surface area contributed by atoms with Crippen molar-refractivity contribution in [2.75, 3.05) is 21.2 Å². The quantitative estimate of drug-likeness (QED) is 0.529. The normalized spacial score (nSPS) is 19.8. The summed E-state index contributed by atoms with van der Waals surface area (Å²) in [5, 5.41) is 1.07. The molecule has 28 heavy (non-hydrogen) atoms. The Labute approximate surface area is 191 Å². The van der Waals surface area contributed by atoms with Crippen LogP contribution in [0.1, 0.15) is 24.2 Å². The molecule has 0 aromatic heterocycles. The summed E-state index contributed by atoms with van der Waals surface area (Å²) < 4.78 is 5.74. The first-order valence-corrected chi connectivity index (χ1v) is 11.4. The van der Waals surface area contributed by atoms with Crippen molar-refractivity contribution in [1.82, 2.24) is 4.90 Å². The molecule has 0 heterocycles. The second-order valence-corrected chi connectivity index (χ2v) is 9.12. The summed E-state index contributed by atoms with van der Waals surface area (Å²) in [6.07, 6.45) is 16.9. The molecule has 2 saturated carbocycles. The van der Waals surface area contributed by atoms with E-state index in [4.69, 9.17) is 4.74 Å². The van der Waals surface area contributed by atoms with Crippen LogP contribution < -0.4 is 0 Å². The Bertz CT molecular complexity index is 527. The zero-order chi connectivity index (χ0) is 19.6. The summed E-state index contributed by atoms with van der Waals surface area (Å²) in [6, 6.07) is 9.12. The largest absolute Gasteiger partial charge is 2.00 e. The van der Waals surface area contributed by atoms with Crippen LogP contribution in [0.3, 0.4) is 0 Å². The van der Waals surface area contributed by atoms with E-state index in [1.54, 1.807) is 0 Å². The van der Waals surface area contributed by atoms with Gasteiger partial charge in [0, 0.05) is 0 Å². The van der Waals surface area contributed by atoms with E-state index in [2.05, 4.69) is 76.4 Å². The van der Waals surface area contributed by atoms with Crippen LogP contribution >= 0.6 is 0 Å². The van der Waals surface area contributed by atoms with Crippen LogP contribution in [0.2, 0.25) is 5.32 Å². The molecule has 1 aromatic carbocycles. The molecule has 150 valence electrons. The molecule has 0 N–H and O–H groups in total. The third kappa shape index (κ3) is 8.50. The molecular formula is C24H31FeNOSe+2. The van der Waals surface area contributed by atoms with Crippen molar-refractivity contribution in [2.24, 2.45) is 0 Å². The summed E-state index contributed by atoms with van der Waals surface area (Å²) in [6.45, 7) is 4.40. The molecule has 2 nitrogen and oxygen atoms in total. The molecule has 0 unspecified atom stereocenters. The number of methoxy groups -OCH3 is 1. The van der Waals surface area contributed by atoms with Gasteiger partial charge in [-0.2, -0.15) is 0 Å². The van der Waals surface area contributed by atoms with E-state index >= 15 is 0 Å². The van der Waals surface area contributed by atoms with Crippen LogP contribution in [0.4, 0.5) is 0 Å². The van der Waals surface area contributed by atoms with Gasteiger partial charge in [0.25, 0.3) is 0 Å². The first kappa shape index (κ1) is 26.2. The molecule has 4 heteroatoms. The van der Waals surface area contributed by atoms with E-state index < -0.39 is 0 Å². The van der Waals surface area contributed by atoms with E-state index in [9.17, 15) is 0 Å². The summed E-state index contributed by atoms with van der Waals surface area (Å²) in [7, 11) is 6.09. The van der Waals surface area contributed by atoms with Crippen molar-refractivity contribution < 1.29 is 21.8 Å². The van der Waals surface area contributed by atoms with Gasteiger partial charge in [-0.1, -0.05) is 0 Å². The fourth-order valence-electron chi connectivity index (χ4n) is 2.83. The van der Waals surface area contributed by atoms with Gasteiger partial charge in [-0.25, -0.2) is 0 Å². The van der Waals surface area contributed by atoms with Gasteiger partial charge in [0.2, 0.25) is 0 Å². The third-order valence-electron chi connectivity index (χ3n) is 4.68. The SMILES string of the molecule is CO[C@@H](C[Se][C]1[CH][CH][CH][C]1[C@@H](C)N(C)C)c1cccc(C)c1.[CH]1[CH][CH][CH][CH]1.[Fe+2]. The van der Waals surface area contributed by atoms with Crippen LogP contribution in [-0.4, -0.2) is 47.1 Å². The number of aryl methyl sites for hydroxylation is 1. The third-order valence-corrected chi connectivity index (χ3v) is 7.09. The molecular weight excluding hydrogens is 453 g/mol. The number of nitrogens with zero attached hydrogens (tertiary/aromatic N) is 1. The molecule has 0 spiro atoms. The Morgan fingerprint density at radius 3 is 2.18 bits per heavy atom. The van der Waals surface area contributed by atoms with Gasteiger partial charge in [0.1, 0.15) is 0 Å².